The number of rotatable bonds is 0. The van der Waals surface area contributed by atoms with Gasteiger partial charge >= 0.3 is 0 Å². The van der Waals surface area contributed by atoms with Crippen LogP contribution in [0.2, 0.25) is 0 Å². The molecule has 0 amide bonds. The smallest absolute Gasteiger partial charge is 0 e. The summed E-state index contributed by atoms with van der Waals surface area (Å²) in [6.45, 7) is 7.26. The van der Waals surface area contributed by atoms with Crippen LogP contribution in [-0.2, 0) is 32.7 Å². The monoisotopic (exact) mass is 226 g/mol. The average molecular weight is 226 g/mol. The molecule has 0 heterocycles. The van der Waals surface area contributed by atoms with Crippen molar-refractivity contribution in [3.8, 4) is 0 Å². The molecule has 0 aromatic heterocycles. The van der Waals surface area contributed by atoms with Crippen LogP contribution in [0.1, 0.15) is 33.6 Å². The Kier molecular flexibility index (Phi) is 2.88. The second-order valence-electron chi connectivity index (χ2n) is 4.72. The van der Waals surface area contributed by atoms with Crippen LogP contribution in [0.5, 0.6) is 0 Å². The summed E-state index contributed by atoms with van der Waals surface area (Å²) in [6, 6.07) is 0. The Labute approximate surface area is 95.4 Å². The Balaban J connectivity index is 0.000000605. The molecule has 1 radical (unpaired) electrons. The summed E-state index contributed by atoms with van der Waals surface area (Å²) in [5.74, 6) is 2.94. The predicted molar refractivity (Wildman–Crippen MR) is 43.5 cm³/mol. The molecule has 61 valence electrons. The van der Waals surface area contributed by atoms with Crippen LogP contribution in [0.4, 0.5) is 0 Å². The van der Waals surface area contributed by atoms with Gasteiger partial charge in [-0.25, -0.2) is 0 Å². The van der Waals surface area contributed by atoms with E-state index in [-0.39, 0.29) is 32.7 Å². The van der Waals surface area contributed by atoms with Gasteiger partial charge in [0.1, 0.15) is 0 Å². The standard InChI is InChI=1S/C10H17.Y/c1-7-4-5-8-6-9(7)10(8,2)3;/h5,7-9H,4,6H2,1-3H3;/q-1;. The molecule has 3 aliphatic rings. The first-order valence-electron chi connectivity index (χ1n) is 4.45. The van der Waals surface area contributed by atoms with Gasteiger partial charge < -0.3 is 6.42 Å². The van der Waals surface area contributed by atoms with E-state index in [9.17, 15) is 0 Å². The van der Waals surface area contributed by atoms with Crippen molar-refractivity contribution in [3.05, 3.63) is 6.42 Å². The Morgan fingerprint density at radius 3 is 2.27 bits per heavy atom. The van der Waals surface area contributed by atoms with Crippen molar-refractivity contribution in [1.82, 2.24) is 0 Å². The van der Waals surface area contributed by atoms with E-state index in [4.69, 9.17) is 0 Å². The normalized spacial score (nSPS) is 45.5. The topological polar surface area (TPSA) is 0 Å². The number of hydrogen-bond acceptors (Lipinski definition) is 0. The van der Waals surface area contributed by atoms with Crippen LogP contribution < -0.4 is 0 Å². The first-order valence-corrected chi connectivity index (χ1v) is 4.45. The van der Waals surface area contributed by atoms with Crippen molar-refractivity contribution in [2.24, 2.45) is 23.2 Å². The zero-order valence-electron chi connectivity index (χ0n) is 7.80. The molecule has 3 aliphatic carbocycles. The predicted octanol–water partition coefficient (Wildman–Crippen LogP) is 2.89. The second kappa shape index (κ2) is 3.11. The van der Waals surface area contributed by atoms with Crippen LogP contribution in [0.25, 0.3) is 0 Å². The molecule has 2 bridgehead atoms. The quantitative estimate of drug-likeness (QED) is 0.557. The van der Waals surface area contributed by atoms with E-state index in [1.807, 2.05) is 0 Å². The molecule has 0 aromatic rings. The summed E-state index contributed by atoms with van der Waals surface area (Å²) in [6.07, 6.45) is 5.40. The van der Waals surface area contributed by atoms with Crippen molar-refractivity contribution in [2.75, 3.05) is 0 Å². The van der Waals surface area contributed by atoms with Crippen LogP contribution in [0, 0.1) is 29.6 Å². The molecule has 11 heavy (non-hydrogen) atoms. The minimum atomic E-state index is 0. The SMILES string of the molecule is CC1C[CH-]C2CC1C2(C)C.[Y]. The maximum absolute atomic E-state index is 2.55. The zero-order chi connectivity index (χ0) is 7.35. The Bertz CT molecular complexity index is 149. The fraction of sp³-hybridized carbons (Fsp3) is 0.900. The van der Waals surface area contributed by atoms with Crippen molar-refractivity contribution < 1.29 is 32.7 Å². The number of fused-ring (bicyclic) bond motifs is 2. The van der Waals surface area contributed by atoms with Crippen molar-refractivity contribution in [1.29, 1.82) is 0 Å². The van der Waals surface area contributed by atoms with Gasteiger partial charge in [0.25, 0.3) is 0 Å². The third-order valence-electron chi connectivity index (χ3n) is 3.90. The molecule has 3 unspecified atom stereocenters. The van der Waals surface area contributed by atoms with E-state index in [1.165, 1.54) is 12.8 Å². The van der Waals surface area contributed by atoms with Gasteiger partial charge in [0.05, 0.1) is 0 Å². The van der Waals surface area contributed by atoms with E-state index in [0.29, 0.717) is 5.41 Å². The summed E-state index contributed by atoms with van der Waals surface area (Å²) in [5, 5.41) is 0. The molecule has 3 rings (SSSR count). The van der Waals surface area contributed by atoms with E-state index >= 15 is 0 Å². The number of hydrogen-bond donors (Lipinski definition) is 0. The molecule has 0 aromatic carbocycles. The maximum Gasteiger partial charge on any atom is 0 e. The Morgan fingerprint density at radius 1 is 1.36 bits per heavy atom. The Morgan fingerprint density at radius 2 is 2.00 bits per heavy atom. The molecule has 3 fully saturated rings. The first-order chi connectivity index (χ1) is 4.62. The minimum Gasteiger partial charge on any atom is -0.325 e. The zero-order valence-corrected chi connectivity index (χ0v) is 10.6. The van der Waals surface area contributed by atoms with Gasteiger partial charge in [-0.05, 0) is 5.92 Å². The second-order valence-corrected chi connectivity index (χ2v) is 4.72. The molecule has 3 atom stereocenters. The first kappa shape index (κ1) is 10.2. The van der Waals surface area contributed by atoms with Crippen molar-refractivity contribution in [2.45, 2.75) is 33.6 Å². The summed E-state index contributed by atoms with van der Waals surface area (Å²) >= 11 is 0. The van der Waals surface area contributed by atoms with Gasteiger partial charge in [0.2, 0.25) is 0 Å². The minimum absolute atomic E-state index is 0. The molecular weight excluding hydrogens is 209 g/mol. The van der Waals surface area contributed by atoms with Crippen molar-refractivity contribution in [3.63, 3.8) is 0 Å². The fourth-order valence-corrected chi connectivity index (χ4v) is 2.90. The van der Waals surface area contributed by atoms with E-state index in [0.717, 1.165) is 17.8 Å². The third-order valence-corrected chi connectivity index (χ3v) is 3.90. The summed E-state index contributed by atoms with van der Waals surface area (Å²) in [4.78, 5) is 0. The van der Waals surface area contributed by atoms with E-state index in [1.54, 1.807) is 0 Å². The van der Waals surface area contributed by atoms with Crippen LogP contribution in [-0.4, -0.2) is 0 Å². The van der Waals surface area contributed by atoms with Gasteiger partial charge in [-0.2, -0.15) is 12.3 Å². The fourth-order valence-electron chi connectivity index (χ4n) is 2.90. The largest absolute Gasteiger partial charge is 0.325 e. The van der Waals surface area contributed by atoms with Crippen LogP contribution >= 0.6 is 0 Å². The van der Waals surface area contributed by atoms with Crippen molar-refractivity contribution >= 4 is 0 Å². The van der Waals surface area contributed by atoms with Gasteiger partial charge in [-0.3, -0.25) is 0 Å². The van der Waals surface area contributed by atoms with Gasteiger partial charge in [0.15, 0.2) is 0 Å². The molecule has 0 N–H and O–H groups in total. The summed E-state index contributed by atoms with van der Waals surface area (Å²) in [5.41, 5.74) is 0.650. The molecular formula is C10H17Y-. The van der Waals surface area contributed by atoms with E-state index in [2.05, 4.69) is 27.2 Å². The van der Waals surface area contributed by atoms with E-state index < -0.39 is 0 Å². The molecule has 0 spiro atoms. The van der Waals surface area contributed by atoms with Gasteiger partial charge in [0, 0.05) is 32.7 Å². The maximum atomic E-state index is 2.55. The summed E-state index contributed by atoms with van der Waals surface area (Å²) < 4.78 is 0. The molecule has 1 heteroatoms. The molecule has 0 nitrogen and oxygen atoms in total. The average Bonchev–Trinajstić information content (AvgIpc) is 1.87. The molecule has 0 aliphatic heterocycles. The van der Waals surface area contributed by atoms with Crippen LogP contribution in [0.3, 0.4) is 0 Å². The Hall–Kier alpha value is 1.10. The van der Waals surface area contributed by atoms with Crippen LogP contribution in [0.15, 0.2) is 0 Å². The molecule has 3 saturated carbocycles. The van der Waals surface area contributed by atoms with Gasteiger partial charge in [-0.1, -0.05) is 38.5 Å². The van der Waals surface area contributed by atoms with Gasteiger partial charge in [-0.15, -0.1) is 0 Å². The summed E-state index contributed by atoms with van der Waals surface area (Å²) in [7, 11) is 0. The molecule has 0 saturated heterocycles. The third kappa shape index (κ3) is 1.35.